The fourth-order valence-corrected chi connectivity index (χ4v) is 6.91. The van der Waals surface area contributed by atoms with Crippen LogP contribution in [0.2, 0.25) is 0 Å². The average molecular weight is 347 g/mol. The molecule has 3 aliphatic carbocycles. The van der Waals surface area contributed by atoms with Crippen LogP contribution < -0.4 is 0 Å². The summed E-state index contributed by atoms with van der Waals surface area (Å²) in [4.78, 5) is 13.5. The molecule has 2 bridgehead atoms. The Balaban J connectivity index is 2.18. The highest BCUT2D eigenvalue weighted by Gasteiger charge is 2.67. The van der Waals surface area contributed by atoms with Crippen LogP contribution in [0.4, 0.5) is 0 Å². The van der Waals surface area contributed by atoms with Crippen molar-refractivity contribution in [3.63, 3.8) is 0 Å². The zero-order valence-corrected chi connectivity index (χ0v) is 16.5. The van der Waals surface area contributed by atoms with Crippen molar-refractivity contribution in [1.82, 2.24) is 0 Å². The van der Waals surface area contributed by atoms with E-state index in [1.807, 2.05) is 6.92 Å². The smallest absolute Gasteiger partial charge is 0.143 e. The topological polar surface area (TPSA) is 46.5 Å². The van der Waals surface area contributed by atoms with Crippen LogP contribution in [-0.4, -0.2) is 30.2 Å². The second-order valence-corrected chi connectivity index (χ2v) is 9.58. The Morgan fingerprint density at radius 2 is 1.92 bits per heavy atom. The van der Waals surface area contributed by atoms with E-state index >= 15 is 0 Å². The second kappa shape index (κ2) is 6.10. The van der Waals surface area contributed by atoms with Crippen molar-refractivity contribution in [3.8, 4) is 12.3 Å². The van der Waals surface area contributed by atoms with E-state index < -0.39 is 11.5 Å². The van der Waals surface area contributed by atoms with Crippen LogP contribution in [0.5, 0.6) is 0 Å². The second-order valence-electron chi connectivity index (χ2n) is 9.58. The van der Waals surface area contributed by atoms with Gasteiger partial charge in [0.1, 0.15) is 5.78 Å². The third kappa shape index (κ3) is 2.37. The molecule has 3 aliphatic rings. The zero-order valence-electron chi connectivity index (χ0n) is 16.5. The summed E-state index contributed by atoms with van der Waals surface area (Å²) in [7, 11) is 1.79. The summed E-state index contributed by atoms with van der Waals surface area (Å²) >= 11 is 0. The minimum Gasteiger partial charge on any atom is -0.393 e. The lowest BCUT2D eigenvalue weighted by atomic mass is 9.44. The van der Waals surface area contributed by atoms with E-state index in [1.54, 1.807) is 7.11 Å². The van der Waals surface area contributed by atoms with Gasteiger partial charge < -0.3 is 9.84 Å². The molecule has 0 aliphatic heterocycles. The summed E-state index contributed by atoms with van der Waals surface area (Å²) in [5, 5.41) is 11.4. The van der Waals surface area contributed by atoms with Crippen LogP contribution >= 0.6 is 0 Å². The lowest BCUT2D eigenvalue weighted by molar-refractivity contribution is -0.191. The van der Waals surface area contributed by atoms with Gasteiger partial charge >= 0.3 is 0 Å². The maximum Gasteiger partial charge on any atom is 0.143 e. The number of methoxy groups -OCH3 is 1. The number of aliphatic hydroxyl groups is 1. The lowest BCUT2D eigenvalue weighted by Gasteiger charge is -2.61. The molecule has 0 aromatic carbocycles. The Labute approximate surface area is 152 Å². The third-order valence-electron chi connectivity index (χ3n) is 8.67. The molecule has 3 fully saturated rings. The Kier molecular flexibility index (Phi) is 4.62. The Morgan fingerprint density at radius 3 is 2.52 bits per heavy atom. The molecular weight excluding hydrogens is 312 g/mol. The largest absolute Gasteiger partial charge is 0.393 e. The van der Waals surface area contributed by atoms with E-state index in [1.165, 1.54) is 0 Å². The van der Waals surface area contributed by atoms with Gasteiger partial charge in [-0.15, -0.1) is 12.3 Å². The highest BCUT2D eigenvalue weighted by atomic mass is 16.5. The molecule has 25 heavy (non-hydrogen) atoms. The zero-order chi connectivity index (χ0) is 18.6. The van der Waals surface area contributed by atoms with Crippen LogP contribution in [0.25, 0.3) is 0 Å². The summed E-state index contributed by atoms with van der Waals surface area (Å²) < 4.78 is 5.90. The summed E-state index contributed by atoms with van der Waals surface area (Å²) in [6.45, 7) is 8.61. The molecular formula is C22H34O3. The molecule has 0 amide bonds. The normalized spacial score (nSPS) is 52.8. The number of carbonyl (C=O) groups excluding carboxylic acids is 1. The van der Waals surface area contributed by atoms with Crippen LogP contribution in [0, 0.1) is 46.3 Å². The summed E-state index contributed by atoms with van der Waals surface area (Å²) in [6.07, 6.45) is 10.2. The predicted molar refractivity (Wildman–Crippen MR) is 98.8 cm³/mol. The summed E-state index contributed by atoms with van der Waals surface area (Å²) in [5.41, 5.74) is -0.925. The monoisotopic (exact) mass is 346 g/mol. The van der Waals surface area contributed by atoms with Gasteiger partial charge in [0.2, 0.25) is 0 Å². The van der Waals surface area contributed by atoms with Crippen LogP contribution in [-0.2, 0) is 9.53 Å². The number of terminal acetylenes is 1. The van der Waals surface area contributed by atoms with Crippen LogP contribution in [0.15, 0.2) is 0 Å². The molecule has 0 aromatic heterocycles. The molecule has 3 heteroatoms. The van der Waals surface area contributed by atoms with Gasteiger partial charge in [-0.05, 0) is 49.4 Å². The summed E-state index contributed by atoms with van der Waals surface area (Å²) in [6, 6.07) is 0. The molecule has 1 N–H and O–H groups in total. The van der Waals surface area contributed by atoms with E-state index in [2.05, 4.69) is 26.7 Å². The van der Waals surface area contributed by atoms with Gasteiger partial charge in [-0.3, -0.25) is 4.79 Å². The lowest BCUT2D eigenvalue weighted by Crippen LogP contribution is -2.62. The molecule has 3 nitrogen and oxygen atoms in total. The van der Waals surface area contributed by atoms with Crippen LogP contribution in [0.1, 0.15) is 66.2 Å². The first kappa shape index (κ1) is 18.9. The molecule has 3 saturated carbocycles. The standard InChI is InChI=1S/C22H34O3/c1-7-10-20(4)13-17(23)21(5)14(2)8-11-22(15(3)19(20)24)12-9-16(25-6)18(21)22/h1,14-18,23H,8-13H2,2-6H3/t14-,15+,16-,17-,18-,20-,21+,22+/m1/s1. The number of aliphatic hydroxyl groups excluding tert-OH is 1. The van der Waals surface area contributed by atoms with Crippen molar-refractivity contribution >= 4 is 5.78 Å². The SMILES string of the molecule is C#CC[C@]1(C)C[C@@H](O)[C@]2(C)[C@H](C)CC[C@]3(CC[C@@H](OC)[C@@H]32)[C@@H](C)C1=O. The van der Waals surface area contributed by atoms with E-state index in [0.29, 0.717) is 18.8 Å². The highest BCUT2D eigenvalue weighted by Crippen LogP contribution is 2.68. The molecule has 3 rings (SSSR count). The number of hydrogen-bond acceptors (Lipinski definition) is 3. The quantitative estimate of drug-likeness (QED) is 0.773. The van der Waals surface area contributed by atoms with E-state index in [-0.39, 0.29) is 34.6 Å². The fourth-order valence-electron chi connectivity index (χ4n) is 6.91. The predicted octanol–water partition coefficient (Wildman–Crippen LogP) is 3.83. The molecule has 0 heterocycles. The van der Waals surface area contributed by atoms with E-state index in [9.17, 15) is 9.90 Å². The van der Waals surface area contributed by atoms with E-state index in [4.69, 9.17) is 11.2 Å². The molecule has 0 unspecified atom stereocenters. The number of Topliss-reactive ketones (excluding diaryl/α,β-unsaturated/α-hetero) is 1. The molecule has 0 spiro atoms. The van der Waals surface area contributed by atoms with Crippen molar-refractivity contribution < 1.29 is 14.6 Å². The Morgan fingerprint density at radius 1 is 1.28 bits per heavy atom. The highest BCUT2D eigenvalue weighted by molar-refractivity contribution is 5.88. The number of rotatable bonds is 2. The van der Waals surface area contributed by atoms with Gasteiger partial charge in [0, 0.05) is 30.3 Å². The number of carbonyl (C=O) groups is 1. The molecule has 0 radical (unpaired) electrons. The first-order valence-corrected chi connectivity index (χ1v) is 9.86. The summed E-state index contributed by atoms with van der Waals surface area (Å²) in [5.74, 6) is 3.57. The van der Waals surface area contributed by atoms with E-state index in [0.717, 1.165) is 25.7 Å². The Bertz CT molecular complexity index is 593. The van der Waals surface area contributed by atoms with Crippen LogP contribution in [0.3, 0.4) is 0 Å². The van der Waals surface area contributed by atoms with Gasteiger partial charge in [0.25, 0.3) is 0 Å². The van der Waals surface area contributed by atoms with Crippen molar-refractivity contribution in [2.75, 3.05) is 7.11 Å². The van der Waals surface area contributed by atoms with Gasteiger partial charge in [-0.1, -0.05) is 27.7 Å². The third-order valence-corrected chi connectivity index (χ3v) is 8.67. The maximum absolute atomic E-state index is 13.5. The minimum atomic E-state index is -0.630. The number of hydrogen-bond donors (Lipinski definition) is 1. The van der Waals surface area contributed by atoms with Crippen molar-refractivity contribution in [1.29, 1.82) is 0 Å². The Hall–Kier alpha value is -0.850. The first-order chi connectivity index (χ1) is 11.7. The number of ether oxygens (including phenoxy) is 1. The average Bonchev–Trinajstić information content (AvgIpc) is 2.97. The maximum atomic E-state index is 13.5. The first-order valence-electron chi connectivity index (χ1n) is 9.86. The van der Waals surface area contributed by atoms with Crippen molar-refractivity contribution in [2.24, 2.45) is 34.0 Å². The van der Waals surface area contributed by atoms with Gasteiger partial charge in [-0.2, -0.15) is 0 Å². The van der Waals surface area contributed by atoms with Gasteiger partial charge in [0.15, 0.2) is 0 Å². The van der Waals surface area contributed by atoms with Crippen molar-refractivity contribution in [2.45, 2.75) is 78.4 Å². The van der Waals surface area contributed by atoms with Crippen molar-refractivity contribution in [3.05, 3.63) is 0 Å². The molecule has 8 atom stereocenters. The van der Waals surface area contributed by atoms with Gasteiger partial charge in [-0.25, -0.2) is 0 Å². The number of ketones is 1. The molecule has 0 saturated heterocycles. The fraction of sp³-hybridized carbons (Fsp3) is 0.864. The minimum absolute atomic E-state index is 0.0321. The van der Waals surface area contributed by atoms with Gasteiger partial charge in [0.05, 0.1) is 12.2 Å². The molecule has 0 aromatic rings. The molecule has 140 valence electrons.